The summed E-state index contributed by atoms with van der Waals surface area (Å²) in [6.07, 6.45) is 1.96. The van der Waals surface area contributed by atoms with Gasteiger partial charge < -0.3 is 10.5 Å². The van der Waals surface area contributed by atoms with Gasteiger partial charge in [0.1, 0.15) is 5.75 Å². The maximum Gasteiger partial charge on any atom is 0.121 e. The Morgan fingerprint density at radius 1 is 1.00 bits per heavy atom. The third-order valence-corrected chi connectivity index (χ3v) is 4.24. The fourth-order valence-electron chi connectivity index (χ4n) is 2.69. The van der Waals surface area contributed by atoms with E-state index in [0.29, 0.717) is 5.92 Å². The predicted molar refractivity (Wildman–Crippen MR) is 93.5 cm³/mol. The number of ether oxygens (including phenoxy) is 1. The summed E-state index contributed by atoms with van der Waals surface area (Å²) >= 11 is 0. The van der Waals surface area contributed by atoms with Crippen molar-refractivity contribution in [1.29, 1.82) is 0 Å². The highest BCUT2D eigenvalue weighted by Gasteiger charge is 2.09. The van der Waals surface area contributed by atoms with Crippen molar-refractivity contribution in [3.05, 3.63) is 64.7 Å². The molecular formula is C20H27NO. The second-order valence-corrected chi connectivity index (χ2v) is 6.27. The van der Waals surface area contributed by atoms with Gasteiger partial charge in [-0.15, -0.1) is 0 Å². The summed E-state index contributed by atoms with van der Waals surface area (Å²) in [5, 5.41) is 0. The summed E-state index contributed by atoms with van der Waals surface area (Å²) in [5.74, 6) is 1.50. The smallest absolute Gasteiger partial charge is 0.121 e. The Kier molecular flexibility index (Phi) is 5.62. The standard InChI is InChI=1S/C20H27NO/c1-14(2)17-8-5-16(6-9-17)7-11-19(21)18-10-12-20(22-4)15(3)13-18/h5-6,8-10,12-14,19H,7,11,21H2,1-4H3. The highest BCUT2D eigenvalue weighted by atomic mass is 16.5. The van der Waals surface area contributed by atoms with E-state index in [-0.39, 0.29) is 6.04 Å². The Morgan fingerprint density at radius 2 is 1.64 bits per heavy atom. The third kappa shape index (κ3) is 4.11. The summed E-state index contributed by atoms with van der Waals surface area (Å²) in [4.78, 5) is 0. The van der Waals surface area contributed by atoms with Crippen LogP contribution in [0.2, 0.25) is 0 Å². The first-order chi connectivity index (χ1) is 10.5. The van der Waals surface area contributed by atoms with Crippen LogP contribution >= 0.6 is 0 Å². The summed E-state index contributed by atoms with van der Waals surface area (Å²) in [6, 6.07) is 15.2. The summed E-state index contributed by atoms with van der Waals surface area (Å²) < 4.78 is 5.30. The van der Waals surface area contributed by atoms with Gasteiger partial charge >= 0.3 is 0 Å². The van der Waals surface area contributed by atoms with E-state index in [1.807, 2.05) is 6.07 Å². The first kappa shape index (κ1) is 16.6. The largest absolute Gasteiger partial charge is 0.496 e. The lowest BCUT2D eigenvalue weighted by molar-refractivity contribution is 0.411. The van der Waals surface area contributed by atoms with Crippen molar-refractivity contribution in [3.8, 4) is 5.75 Å². The Bertz CT molecular complexity index is 602. The van der Waals surface area contributed by atoms with Crippen LogP contribution in [0.1, 0.15) is 54.5 Å². The summed E-state index contributed by atoms with van der Waals surface area (Å²) in [5.41, 5.74) is 11.4. The van der Waals surface area contributed by atoms with Gasteiger partial charge in [-0.1, -0.05) is 50.2 Å². The zero-order valence-corrected chi connectivity index (χ0v) is 14.1. The zero-order chi connectivity index (χ0) is 16.1. The average Bonchev–Trinajstić information content (AvgIpc) is 2.52. The lowest BCUT2D eigenvalue weighted by Crippen LogP contribution is -2.11. The maximum absolute atomic E-state index is 6.34. The molecule has 0 aromatic heterocycles. The van der Waals surface area contributed by atoms with Crippen LogP contribution in [0.15, 0.2) is 42.5 Å². The minimum atomic E-state index is 0.0642. The molecule has 118 valence electrons. The van der Waals surface area contributed by atoms with E-state index in [1.165, 1.54) is 16.7 Å². The first-order valence-corrected chi connectivity index (χ1v) is 8.00. The number of nitrogens with two attached hydrogens (primary N) is 1. The molecular weight excluding hydrogens is 270 g/mol. The van der Waals surface area contributed by atoms with Gasteiger partial charge in [0.25, 0.3) is 0 Å². The quantitative estimate of drug-likeness (QED) is 0.834. The van der Waals surface area contributed by atoms with Gasteiger partial charge in [-0.25, -0.2) is 0 Å². The SMILES string of the molecule is COc1ccc(C(N)CCc2ccc(C(C)C)cc2)cc1C. The third-order valence-electron chi connectivity index (χ3n) is 4.24. The van der Waals surface area contributed by atoms with E-state index >= 15 is 0 Å². The van der Waals surface area contributed by atoms with Gasteiger partial charge in [0.05, 0.1) is 7.11 Å². The molecule has 2 nitrogen and oxygen atoms in total. The van der Waals surface area contributed by atoms with Crippen LogP contribution in [0.25, 0.3) is 0 Å². The van der Waals surface area contributed by atoms with Gasteiger partial charge in [0.2, 0.25) is 0 Å². The molecule has 2 heteroatoms. The normalized spacial score (nSPS) is 12.5. The number of methoxy groups -OCH3 is 1. The van der Waals surface area contributed by atoms with Crippen molar-refractivity contribution < 1.29 is 4.74 Å². The van der Waals surface area contributed by atoms with Crippen molar-refractivity contribution in [2.45, 2.75) is 45.6 Å². The van der Waals surface area contributed by atoms with Crippen molar-refractivity contribution in [2.24, 2.45) is 5.73 Å². The molecule has 0 spiro atoms. The molecule has 0 amide bonds. The molecule has 1 unspecified atom stereocenters. The van der Waals surface area contributed by atoms with Gasteiger partial charge in [-0.2, -0.15) is 0 Å². The van der Waals surface area contributed by atoms with Crippen molar-refractivity contribution in [2.75, 3.05) is 7.11 Å². The fourth-order valence-corrected chi connectivity index (χ4v) is 2.69. The summed E-state index contributed by atoms with van der Waals surface area (Å²) in [7, 11) is 1.70. The zero-order valence-electron chi connectivity index (χ0n) is 14.1. The lowest BCUT2D eigenvalue weighted by atomic mass is 9.96. The van der Waals surface area contributed by atoms with Gasteiger partial charge in [0.15, 0.2) is 0 Å². The number of benzene rings is 2. The van der Waals surface area contributed by atoms with E-state index < -0.39 is 0 Å². The van der Waals surface area contributed by atoms with E-state index in [0.717, 1.165) is 24.2 Å². The average molecular weight is 297 g/mol. The van der Waals surface area contributed by atoms with Gasteiger partial charge in [-0.3, -0.25) is 0 Å². The lowest BCUT2D eigenvalue weighted by Gasteiger charge is -2.14. The Balaban J connectivity index is 1.97. The van der Waals surface area contributed by atoms with Crippen LogP contribution in [0.4, 0.5) is 0 Å². The molecule has 0 saturated heterocycles. The van der Waals surface area contributed by atoms with E-state index in [2.05, 4.69) is 57.2 Å². The highest BCUT2D eigenvalue weighted by Crippen LogP contribution is 2.24. The van der Waals surface area contributed by atoms with Crippen molar-refractivity contribution in [1.82, 2.24) is 0 Å². The van der Waals surface area contributed by atoms with Gasteiger partial charge in [-0.05, 0) is 54.0 Å². The molecule has 0 aliphatic carbocycles. The molecule has 2 rings (SSSR count). The van der Waals surface area contributed by atoms with Gasteiger partial charge in [0, 0.05) is 6.04 Å². The second kappa shape index (κ2) is 7.46. The molecule has 0 aliphatic rings. The Hall–Kier alpha value is -1.80. The molecule has 0 fully saturated rings. The van der Waals surface area contributed by atoms with Crippen LogP contribution in [0.3, 0.4) is 0 Å². The second-order valence-electron chi connectivity index (χ2n) is 6.27. The first-order valence-electron chi connectivity index (χ1n) is 8.00. The topological polar surface area (TPSA) is 35.2 Å². The Morgan fingerprint density at radius 3 is 2.18 bits per heavy atom. The molecule has 2 aromatic carbocycles. The number of hydrogen-bond donors (Lipinski definition) is 1. The molecule has 1 atom stereocenters. The van der Waals surface area contributed by atoms with E-state index in [4.69, 9.17) is 10.5 Å². The fraction of sp³-hybridized carbons (Fsp3) is 0.400. The Labute approximate surface area is 134 Å². The van der Waals surface area contributed by atoms with Crippen LogP contribution in [0, 0.1) is 6.92 Å². The molecule has 0 saturated carbocycles. The summed E-state index contributed by atoms with van der Waals surface area (Å²) in [6.45, 7) is 6.49. The van der Waals surface area contributed by atoms with Crippen molar-refractivity contribution in [3.63, 3.8) is 0 Å². The van der Waals surface area contributed by atoms with Crippen molar-refractivity contribution >= 4 is 0 Å². The van der Waals surface area contributed by atoms with E-state index in [9.17, 15) is 0 Å². The minimum Gasteiger partial charge on any atom is -0.496 e. The number of rotatable bonds is 6. The molecule has 0 bridgehead atoms. The molecule has 22 heavy (non-hydrogen) atoms. The molecule has 2 N–H and O–H groups in total. The highest BCUT2D eigenvalue weighted by molar-refractivity contribution is 5.37. The molecule has 0 heterocycles. The van der Waals surface area contributed by atoms with E-state index in [1.54, 1.807) is 7.11 Å². The number of hydrogen-bond acceptors (Lipinski definition) is 2. The van der Waals surface area contributed by atoms with Crippen LogP contribution in [0.5, 0.6) is 5.75 Å². The molecule has 2 aromatic rings. The number of aryl methyl sites for hydroxylation is 2. The maximum atomic E-state index is 6.34. The predicted octanol–water partition coefficient (Wildman–Crippen LogP) is 4.76. The molecule has 0 radical (unpaired) electrons. The molecule has 0 aliphatic heterocycles. The van der Waals surface area contributed by atoms with Crippen LogP contribution in [-0.4, -0.2) is 7.11 Å². The minimum absolute atomic E-state index is 0.0642. The van der Waals surface area contributed by atoms with Crippen LogP contribution in [-0.2, 0) is 6.42 Å². The van der Waals surface area contributed by atoms with Crippen LogP contribution < -0.4 is 10.5 Å². The monoisotopic (exact) mass is 297 g/mol.